The summed E-state index contributed by atoms with van der Waals surface area (Å²) in [6, 6.07) is 10.5. The van der Waals surface area contributed by atoms with Crippen molar-refractivity contribution in [3.05, 3.63) is 47.5 Å². The van der Waals surface area contributed by atoms with E-state index in [9.17, 15) is 0 Å². The fraction of sp³-hybridized carbons (Fsp3) is 0.471. The quantitative estimate of drug-likeness (QED) is 0.579. The van der Waals surface area contributed by atoms with Crippen LogP contribution in [0.3, 0.4) is 0 Å². The molecule has 8 heteroatoms. The third kappa shape index (κ3) is 3.73. The second-order valence-corrected chi connectivity index (χ2v) is 7.24. The number of nitrogens with zero attached hydrogens (tertiary/aromatic N) is 7. The normalized spacial score (nSPS) is 14.1. The third-order valence-electron chi connectivity index (χ3n) is 4.24. The first-order valence-electron chi connectivity index (χ1n) is 8.70. The molecule has 0 unspecified atom stereocenters. The molecule has 0 bridgehead atoms. The summed E-state index contributed by atoms with van der Waals surface area (Å²) in [5, 5.41) is 21.8. The van der Waals surface area contributed by atoms with E-state index in [1.165, 1.54) is 18.4 Å². The zero-order valence-corrected chi connectivity index (χ0v) is 15.1. The van der Waals surface area contributed by atoms with Crippen molar-refractivity contribution in [3.63, 3.8) is 0 Å². The van der Waals surface area contributed by atoms with E-state index in [2.05, 4.69) is 61.5 Å². The van der Waals surface area contributed by atoms with E-state index in [4.69, 9.17) is 0 Å². The first kappa shape index (κ1) is 16.3. The van der Waals surface area contributed by atoms with Crippen LogP contribution in [-0.4, -0.2) is 35.0 Å². The van der Waals surface area contributed by atoms with Gasteiger partial charge >= 0.3 is 0 Å². The Labute approximate surface area is 150 Å². The van der Waals surface area contributed by atoms with E-state index in [1.807, 2.05) is 10.7 Å². The molecular weight excluding hydrogens is 334 g/mol. The largest absolute Gasteiger partial charge is 0.301 e. The maximum absolute atomic E-state index is 4.47. The number of benzene rings is 1. The average Bonchev–Trinajstić information content (AvgIpc) is 3.26. The number of tetrazole rings is 1. The molecule has 1 saturated carbocycles. The van der Waals surface area contributed by atoms with Crippen molar-refractivity contribution < 1.29 is 0 Å². The number of hydrogen-bond donors (Lipinski definition) is 0. The minimum absolute atomic E-state index is 0.566. The van der Waals surface area contributed by atoms with Crippen molar-refractivity contribution in [1.29, 1.82) is 0 Å². The van der Waals surface area contributed by atoms with Crippen molar-refractivity contribution in [2.24, 2.45) is 0 Å². The molecule has 4 rings (SSSR count). The Hall–Kier alpha value is -2.22. The van der Waals surface area contributed by atoms with Gasteiger partial charge in [-0.2, -0.15) is 0 Å². The summed E-state index contributed by atoms with van der Waals surface area (Å²) in [5.41, 5.74) is 1.27. The molecule has 0 aliphatic heterocycles. The molecular formula is C17H21N7S. The Balaban J connectivity index is 1.54. The number of rotatable bonds is 8. The fourth-order valence-electron chi connectivity index (χ4n) is 2.81. The highest BCUT2D eigenvalue weighted by atomic mass is 32.2. The van der Waals surface area contributed by atoms with E-state index in [-0.39, 0.29) is 0 Å². The summed E-state index contributed by atoms with van der Waals surface area (Å²) in [6.07, 6.45) is 3.44. The van der Waals surface area contributed by atoms with Crippen LogP contribution >= 0.6 is 11.8 Å². The monoisotopic (exact) mass is 355 g/mol. The van der Waals surface area contributed by atoms with Gasteiger partial charge in [0, 0.05) is 12.5 Å². The first-order chi connectivity index (χ1) is 12.3. The molecule has 1 aliphatic carbocycles. The predicted molar refractivity (Wildman–Crippen MR) is 95.2 cm³/mol. The molecule has 1 fully saturated rings. The van der Waals surface area contributed by atoms with Crippen LogP contribution in [0.5, 0.6) is 0 Å². The van der Waals surface area contributed by atoms with Gasteiger partial charge in [-0.15, -0.1) is 15.3 Å². The molecule has 3 aromatic rings. The summed E-state index contributed by atoms with van der Waals surface area (Å²) in [7, 11) is 0. The molecule has 2 heterocycles. The Morgan fingerprint density at radius 2 is 1.96 bits per heavy atom. The maximum Gasteiger partial charge on any atom is 0.191 e. The molecule has 0 amide bonds. The Morgan fingerprint density at radius 1 is 1.12 bits per heavy atom. The lowest BCUT2D eigenvalue weighted by Crippen LogP contribution is -2.07. The first-order valence-corrected chi connectivity index (χ1v) is 9.68. The average molecular weight is 355 g/mol. The van der Waals surface area contributed by atoms with Gasteiger partial charge in [0.1, 0.15) is 5.82 Å². The van der Waals surface area contributed by atoms with Crippen LogP contribution in [0, 0.1) is 0 Å². The lowest BCUT2D eigenvalue weighted by molar-refractivity contribution is 0.564. The van der Waals surface area contributed by atoms with Crippen LogP contribution in [0.15, 0.2) is 35.5 Å². The van der Waals surface area contributed by atoms with Gasteiger partial charge in [0.05, 0.1) is 12.3 Å². The van der Waals surface area contributed by atoms with Crippen LogP contribution in [-0.2, 0) is 18.8 Å². The third-order valence-corrected chi connectivity index (χ3v) is 5.21. The van der Waals surface area contributed by atoms with Crippen LogP contribution < -0.4 is 0 Å². The molecule has 0 N–H and O–H groups in total. The van der Waals surface area contributed by atoms with Crippen LogP contribution in [0.4, 0.5) is 0 Å². The Kier molecular flexibility index (Phi) is 4.78. The maximum atomic E-state index is 4.47. The molecule has 2 aromatic heterocycles. The van der Waals surface area contributed by atoms with Gasteiger partial charge in [-0.05, 0) is 35.3 Å². The molecule has 25 heavy (non-hydrogen) atoms. The van der Waals surface area contributed by atoms with Crippen molar-refractivity contribution in [1.82, 2.24) is 35.0 Å². The minimum atomic E-state index is 0.566. The van der Waals surface area contributed by atoms with Crippen LogP contribution in [0.1, 0.15) is 49.3 Å². The van der Waals surface area contributed by atoms with E-state index in [0.29, 0.717) is 11.7 Å². The van der Waals surface area contributed by atoms with E-state index < -0.39 is 0 Å². The Bertz CT molecular complexity index is 823. The van der Waals surface area contributed by atoms with Gasteiger partial charge in [-0.3, -0.25) is 0 Å². The molecule has 0 atom stereocenters. The van der Waals surface area contributed by atoms with Crippen molar-refractivity contribution in [2.45, 2.75) is 56.1 Å². The van der Waals surface area contributed by atoms with E-state index in [0.717, 1.165) is 36.3 Å². The van der Waals surface area contributed by atoms with Crippen LogP contribution in [0.25, 0.3) is 0 Å². The van der Waals surface area contributed by atoms with Gasteiger partial charge in [0.2, 0.25) is 0 Å². The minimum Gasteiger partial charge on any atom is -0.301 e. The molecule has 7 nitrogen and oxygen atoms in total. The highest BCUT2D eigenvalue weighted by Crippen LogP contribution is 2.40. The molecule has 0 radical (unpaired) electrons. The second-order valence-electron chi connectivity index (χ2n) is 6.29. The zero-order chi connectivity index (χ0) is 17.1. The van der Waals surface area contributed by atoms with Crippen molar-refractivity contribution in [3.8, 4) is 0 Å². The zero-order valence-electron chi connectivity index (χ0n) is 14.2. The van der Waals surface area contributed by atoms with E-state index in [1.54, 1.807) is 11.8 Å². The van der Waals surface area contributed by atoms with Gasteiger partial charge in [-0.1, -0.05) is 49.0 Å². The SMILES string of the molecule is CCCn1nnnc1CSc1nnc(C2CC2)n1Cc1ccccc1. The number of aryl methyl sites for hydroxylation is 1. The van der Waals surface area contributed by atoms with E-state index >= 15 is 0 Å². The second kappa shape index (κ2) is 7.35. The highest BCUT2D eigenvalue weighted by molar-refractivity contribution is 7.98. The highest BCUT2D eigenvalue weighted by Gasteiger charge is 2.30. The lowest BCUT2D eigenvalue weighted by atomic mass is 10.2. The molecule has 0 saturated heterocycles. The molecule has 0 spiro atoms. The summed E-state index contributed by atoms with van der Waals surface area (Å²) >= 11 is 1.66. The number of thioether (sulfide) groups is 1. The summed E-state index contributed by atoms with van der Waals surface area (Å²) in [6.45, 7) is 3.77. The summed E-state index contributed by atoms with van der Waals surface area (Å²) in [4.78, 5) is 0. The predicted octanol–water partition coefficient (Wildman–Crippen LogP) is 2.89. The smallest absolute Gasteiger partial charge is 0.191 e. The van der Waals surface area contributed by atoms with Crippen molar-refractivity contribution in [2.75, 3.05) is 0 Å². The van der Waals surface area contributed by atoms with Gasteiger partial charge in [0.15, 0.2) is 11.0 Å². The van der Waals surface area contributed by atoms with Crippen LogP contribution in [0.2, 0.25) is 0 Å². The fourth-order valence-corrected chi connectivity index (χ4v) is 3.68. The molecule has 1 aromatic carbocycles. The lowest BCUT2D eigenvalue weighted by Gasteiger charge is -2.10. The summed E-state index contributed by atoms with van der Waals surface area (Å²) < 4.78 is 4.12. The molecule has 130 valence electrons. The Morgan fingerprint density at radius 3 is 2.72 bits per heavy atom. The number of hydrogen-bond acceptors (Lipinski definition) is 6. The van der Waals surface area contributed by atoms with Gasteiger partial charge in [-0.25, -0.2) is 4.68 Å². The standard InChI is InChI=1S/C17H21N7S/c1-2-10-24-15(18-21-22-24)12-25-17-20-19-16(14-8-9-14)23(17)11-13-6-4-3-5-7-13/h3-7,14H,2,8-12H2,1H3. The van der Waals surface area contributed by atoms with Gasteiger partial charge in [0.25, 0.3) is 0 Å². The van der Waals surface area contributed by atoms with Gasteiger partial charge < -0.3 is 4.57 Å². The van der Waals surface area contributed by atoms with Crippen molar-refractivity contribution >= 4 is 11.8 Å². The molecule has 1 aliphatic rings. The summed E-state index contributed by atoms with van der Waals surface area (Å²) in [5.74, 6) is 3.26. The number of aromatic nitrogens is 7. The topological polar surface area (TPSA) is 74.3 Å².